The molecule has 28 heavy (non-hydrogen) atoms. The van der Waals surface area contributed by atoms with E-state index in [1.807, 2.05) is 56.3 Å². The first-order valence-electron chi connectivity index (χ1n) is 9.23. The van der Waals surface area contributed by atoms with Gasteiger partial charge in [-0.15, -0.1) is 0 Å². The first-order valence-corrected chi connectivity index (χ1v) is 9.23. The van der Waals surface area contributed by atoms with Gasteiger partial charge in [0, 0.05) is 37.6 Å². The van der Waals surface area contributed by atoms with Gasteiger partial charge in [-0.2, -0.15) is 4.98 Å². The van der Waals surface area contributed by atoms with Crippen LogP contribution in [0.4, 0.5) is 0 Å². The lowest BCUT2D eigenvalue weighted by Gasteiger charge is -2.19. The third-order valence-electron chi connectivity index (χ3n) is 4.60. The largest absolute Gasteiger partial charge is 0.496 e. The van der Waals surface area contributed by atoms with Gasteiger partial charge in [0.25, 0.3) is 0 Å². The quantitative estimate of drug-likeness (QED) is 0.622. The number of aromatic nitrogens is 2. The number of benzene rings is 2. The number of carbonyl (C=O) groups excluding carboxylic acids is 1. The fourth-order valence-electron chi connectivity index (χ4n) is 2.96. The summed E-state index contributed by atoms with van der Waals surface area (Å²) in [6.07, 6.45) is 0.715. The standard InChI is InChI=1S/C22H25N3O3/c1-15-5-8-17(9-6-15)22-23-20(28-24-22)11-12-21(26)25(3)14-18-13-16(2)7-10-19(18)27-4/h5-10,13H,11-12,14H2,1-4H3. The molecule has 0 saturated carbocycles. The van der Waals surface area contributed by atoms with Crippen molar-refractivity contribution in [3.63, 3.8) is 0 Å². The molecule has 0 atom stereocenters. The number of hydrogen-bond acceptors (Lipinski definition) is 5. The molecule has 1 aromatic heterocycles. The van der Waals surface area contributed by atoms with Crippen LogP contribution >= 0.6 is 0 Å². The molecule has 0 unspecified atom stereocenters. The van der Waals surface area contributed by atoms with Crippen molar-refractivity contribution in [2.24, 2.45) is 0 Å². The smallest absolute Gasteiger partial charge is 0.227 e. The fourth-order valence-corrected chi connectivity index (χ4v) is 2.96. The van der Waals surface area contributed by atoms with Crippen molar-refractivity contribution in [2.75, 3.05) is 14.2 Å². The monoisotopic (exact) mass is 379 g/mol. The van der Waals surface area contributed by atoms with E-state index in [-0.39, 0.29) is 5.91 Å². The van der Waals surface area contributed by atoms with E-state index in [1.165, 1.54) is 5.56 Å². The van der Waals surface area contributed by atoms with Crippen LogP contribution < -0.4 is 4.74 Å². The van der Waals surface area contributed by atoms with Gasteiger partial charge < -0.3 is 14.2 Å². The van der Waals surface area contributed by atoms with Gasteiger partial charge in [0.15, 0.2) is 0 Å². The van der Waals surface area contributed by atoms with Crippen LogP contribution in [0.3, 0.4) is 0 Å². The minimum atomic E-state index is 0.0126. The molecule has 0 N–H and O–H groups in total. The summed E-state index contributed by atoms with van der Waals surface area (Å²) in [6, 6.07) is 13.9. The van der Waals surface area contributed by atoms with Crippen LogP contribution in [0.25, 0.3) is 11.4 Å². The maximum absolute atomic E-state index is 12.5. The summed E-state index contributed by atoms with van der Waals surface area (Å²) in [5.41, 5.74) is 4.19. The van der Waals surface area contributed by atoms with Crippen molar-refractivity contribution < 1.29 is 14.1 Å². The third-order valence-corrected chi connectivity index (χ3v) is 4.60. The Morgan fingerprint density at radius 1 is 1.11 bits per heavy atom. The first-order chi connectivity index (χ1) is 13.5. The molecule has 146 valence electrons. The van der Waals surface area contributed by atoms with Crippen LogP contribution in [0.5, 0.6) is 5.75 Å². The van der Waals surface area contributed by atoms with Crippen LogP contribution in [0.2, 0.25) is 0 Å². The van der Waals surface area contributed by atoms with Gasteiger partial charge in [0.05, 0.1) is 7.11 Å². The van der Waals surface area contributed by atoms with E-state index < -0.39 is 0 Å². The summed E-state index contributed by atoms with van der Waals surface area (Å²) in [5, 5.41) is 4.01. The average Bonchev–Trinajstić information content (AvgIpc) is 3.16. The number of methoxy groups -OCH3 is 1. The van der Waals surface area contributed by atoms with Crippen molar-refractivity contribution >= 4 is 5.91 Å². The number of hydrogen-bond donors (Lipinski definition) is 0. The molecule has 0 aliphatic heterocycles. The van der Waals surface area contributed by atoms with Crippen molar-refractivity contribution in [3.8, 4) is 17.1 Å². The normalized spacial score (nSPS) is 10.7. The molecule has 3 aromatic rings. The Bertz CT molecular complexity index is 948. The number of carbonyl (C=O) groups is 1. The highest BCUT2D eigenvalue weighted by molar-refractivity contribution is 5.76. The van der Waals surface area contributed by atoms with Crippen molar-refractivity contribution in [1.29, 1.82) is 0 Å². The molecule has 0 aliphatic rings. The second kappa shape index (κ2) is 8.69. The van der Waals surface area contributed by atoms with E-state index in [0.717, 1.165) is 22.4 Å². The first kappa shape index (κ1) is 19.6. The lowest BCUT2D eigenvalue weighted by molar-refractivity contribution is -0.130. The van der Waals surface area contributed by atoms with E-state index in [1.54, 1.807) is 19.1 Å². The second-order valence-corrected chi connectivity index (χ2v) is 6.94. The summed E-state index contributed by atoms with van der Waals surface area (Å²) < 4.78 is 10.7. The van der Waals surface area contributed by atoms with Crippen molar-refractivity contribution in [3.05, 3.63) is 65.0 Å². The molecule has 1 amide bonds. The van der Waals surface area contributed by atoms with Crippen LogP contribution in [0.15, 0.2) is 47.0 Å². The Morgan fingerprint density at radius 2 is 1.82 bits per heavy atom. The number of nitrogens with zero attached hydrogens (tertiary/aromatic N) is 3. The molecule has 0 saturated heterocycles. The molecule has 0 radical (unpaired) electrons. The number of rotatable bonds is 7. The molecule has 0 aliphatic carbocycles. The summed E-state index contributed by atoms with van der Waals surface area (Å²) in [6.45, 7) is 4.54. The van der Waals surface area contributed by atoms with E-state index in [0.29, 0.717) is 31.1 Å². The predicted molar refractivity (Wildman–Crippen MR) is 107 cm³/mol. The van der Waals surface area contributed by atoms with Gasteiger partial charge in [-0.05, 0) is 19.9 Å². The highest BCUT2D eigenvalue weighted by atomic mass is 16.5. The fraction of sp³-hybridized carbons (Fsp3) is 0.318. The van der Waals surface area contributed by atoms with Gasteiger partial charge in [0.2, 0.25) is 17.6 Å². The van der Waals surface area contributed by atoms with E-state index in [9.17, 15) is 4.79 Å². The molecule has 0 fully saturated rings. The predicted octanol–water partition coefficient (Wildman–Crippen LogP) is 3.95. The lowest BCUT2D eigenvalue weighted by atomic mass is 10.1. The number of ether oxygens (including phenoxy) is 1. The topological polar surface area (TPSA) is 68.5 Å². The van der Waals surface area contributed by atoms with Gasteiger partial charge >= 0.3 is 0 Å². The summed E-state index contributed by atoms with van der Waals surface area (Å²) >= 11 is 0. The Morgan fingerprint density at radius 3 is 2.54 bits per heavy atom. The number of aryl methyl sites for hydroxylation is 3. The summed E-state index contributed by atoms with van der Waals surface area (Å²) in [4.78, 5) is 18.6. The Balaban J connectivity index is 1.58. The summed E-state index contributed by atoms with van der Waals surface area (Å²) in [5.74, 6) is 1.80. The minimum Gasteiger partial charge on any atom is -0.496 e. The van der Waals surface area contributed by atoms with Gasteiger partial charge in [-0.25, -0.2) is 0 Å². The molecule has 3 rings (SSSR count). The molecule has 2 aromatic carbocycles. The molecule has 6 nitrogen and oxygen atoms in total. The molecule has 6 heteroatoms. The van der Waals surface area contributed by atoms with Gasteiger partial charge in [0.1, 0.15) is 5.75 Å². The Kier molecular flexibility index (Phi) is 6.09. The minimum absolute atomic E-state index is 0.0126. The molecule has 0 spiro atoms. The van der Waals surface area contributed by atoms with Crippen molar-refractivity contribution in [2.45, 2.75) is 33.2 Å². The van der Waals surface area contributed by atoms with Gasteiger partial charge in [-0.3, -0.25) is 4.79 Å². The van der Waals surface area contributed by atoms with Crippen molar-refractivity contribution in [1.82, 2.24) is 15.0 Å². The van der Waals surface area contributed by atoms with E-state index in [2.05, 4.69) is 10.1 Å². The SMILES string of the molecule is COc1ccc(C)cc1CN(C)C(=O)CCc1nc(-c2ccc(C)cc2)no1. The maximum atomic E-state index is 12.5. The second-order valence-electron chi connectivity index (χ2n) is 6.94. The maximum Gasteiger partial charge on any atom is 0.227 e. The average molecular weight is 379 g/mol. The Labute approximate surface area is 165 Å². The third kappa shape index (κ3) is 4.76. The highest BCUT2D eigenvalue weighted by Gasteiger charge is 2.15. The zero-order chi connectivity index (χ0) is 20.1. The van der Waals surface area contributed by atoms with Gasteiger partial charge in [-0.1, -0.05) is 52.7 Å². The van der Waals surface area contributed by atoms with Crippen LogP contribution in [-0.2, 0) is 17.8 Å². The number of amides is 1. The highest BCUT2D eigenvalue weighted by Crippen LogP contribution is 2.21. The summed E-state index contributed by atoms with van der Waals surface area (Å²) in [7, 11) is 3.42. The molecule has 1 heterocycles. The lowest BCUT2D eigenvalue weighted by Crippen LogP contribution is -2.26. The van der Waals surface area contributed by atoms with Crippen LogP contribution in [-0.4, -0.2) is 35.1 Å². The molecular weight excluding hydrogens is 354 g/mol. The van der Waals surface area contributed by atoms with E-state index in [4.69, 9.17) is 9.26 Å². The molecule has 0 bridgehead atoms. The Hall–Kier alpha value is -3.15. The van der Waals surface area contributed by atoms with Crippen LogP contribution in [0, 0.1) is 13.8 Å². The zero-order valence-electron chi connectivity index (χ0n) is 16.7. The zero-order valence-corrected chi connectivity index (χ0v) is 16.7. The van der Waals surface area contributed by atoms with Crippen LogP contribution in [0.1, 0.15) is 29.0 Å². The van der Waals surface area contributed by atoms with E-state index >= 15 is 0 Å². The molecular formula is C22H25N3O3.